The number of carbonyl (C=O) groups is 1. The van der Waals surface area contributed by atoms with Crippen LogP contribution < -0.4 is 5.32 Å². The summed E-state index contributed by atoms with van der Waals surface area (Å²) in [4.78, 5) is 13.7. The molecule has 0 aromatic carbocycles. The van der Waals surface area contributed by atoms with Crippen LogP contribution in [-0.4, -0.2) is 57.4 Å². The number of nitrogens with one attached hydrogen (secondary N) is 1. The van der Waals surface area contributed by atoms with Crippen LogP contribution in [0.4, 0.5) is 0 Å². The van der Waals surface area contributed by atoms with Gasteiger partial charge in [0.15, 0.2) is 0 Å². The van der Waals surface area contributed by atoms with E-state index in [4.69, 9.17) is 0 Å². The Morgan fingerprint density at radius 3 is 2.65 bits per heavy atom. The highest BCUT2D eigenvalue weighted by Crippen LogP contribution is 2.14. The second kappa shape index (κ2) is 5.82. The topological polar surface area (TPSA) is 66.5 Å². The van der Waals surface area contributed by atoms with Gasteiger partial charge in [-0.3, -0.25) is 4.79 Å². The maximum absolute atomic E-state index is 12.1. The molecule has 1 amide bonds. The molecule has 1 N–H and O–H groups in total. The van der Waals surface area contributed by atoms with Gasteiger partial charge < -0.3 is 10.2 Å². The van der Waals surface area contributed by atoms with Crippen molar-refractivity contribution in [2.24, 2.45) is 5.92 Å². The molecule has 0 bridgehead atoms. The summed E-state index contributed by atoms with van der Waals surface area (Å²) in [5.41, 5.74) is 0. The molecule has 0 spiro atoms. The lowest BCUT2D eigenvalue weighted by Gasteiger charge is -2.30. The van der Waals surface area contributed by atoms with Crippen molar-refractivity contribution < 1.29 is 13.2 Å². The molecule has 1 aliphatic heterocycles. The molecular formula is C11H22N2O3S. The molecule has 1 fully saturated rings. The first-order chi connectivity index (χ1) is 7.81. The Balaban J connectivity index is 2.55. The lowest BCUT2D eigenvalue weighted by Crippen LogP contribution is -2.46. The number of hydrogen-bond acceptors (Lipinski definition) is 4. The molecule has 1 rings (SSSR count). The summed E-state index contributed by atoms with van der Waals surface area (Å²) in [7, 11) is -1.35. The van der Waals surface area contributed by atoms with Crippen LogP contribution in [0.2, 0.25) is 0 Å². The molecule has 1 aliphatic rings. The number of sulfone groups is 1. The molecule has 100 valence electrons. The highest BCUT2D eigenvalue weighted by atomic mass is 32.2. The van der Waals surface area contributed by atoms with Gasteiger partial charge in [0, 0.05) is 25.9 Å². The number of amides is 1. The minimum Gasteiger partial charge on any atom is -0.342 e. The quantitative estimate of drug-likeness (QED) is 0.767. The van der Waals surface area contributed by atoms with Gasteiger partial charge in [0.05, 0.1) is 11.7 Å². The highest BCUT2D eigenvalue weighted by Gasteiger charge is 2.27. The predicted octanol–water partition coefficient (Wildman–Crippen LogP) is -0.122. The van der Waals surface area contributed by atoms with Crippen molar-refractivity contribution in [2.45, 2.75) is 25.8 Å². The largest absolute Gasteiger partial charge is 0.342 e. The Kier molecular flexibility index (Phi) is 4.94. The number of carbonyl (C=O) groups excluding carboxylic acids is 1. The maximum atomic E-state index is 12.1. The molecule has 0 saturated carbocycles. The van der Waals surface area contributed by atoms with Gasteiger partial charge in [-0.1, -0.05) is 0 Å². The van der Waals surface area contributed by atoms with E-state index in [2.05, 4.69) is 5.32 Å². The van der Waals surface area contributed by atoms with Crippen molar-refractivity contribution in [1.29, 1.82) is 0 Å². The van der Waals surface area contributed by atoms with E-state index in [0.29, 0.717) is 6.54 Å². The predicted molar refractivity (Wildman–Crippen MR) is 67.5 cm³/mol. The summed E-state index contributed by atoms with van der Waals surface area (Å²) in [6.45, 7) is 3.44. The first-order valence-electron chi connectivity index (χ1n) is 5.96. The van der Waals surface area contributed by atoms with Crippen LogP contribution in [0.1, 0.15) is 19.8 Å². The standard InChI is InChI=1S/C11H22N2O3S/c1-9(8-17(3,15)16)13(2)11(14)10-5-4-6-12-7-10/h9-10,12H,4-8H2,1-3H3/t9-,10+/m1/s1. The van der Waals surface area contributed by atoms with E-state index >= 15 is 0 Å². The summed E-state index contributed by atoms with van der Waals surface area (Å²) >= 11 is 0. The van der Waals surface area contributed by atoms with Crippen LogP contribution in [0.25, 0.3) is 0 Å². The van der Waals surface area contributed by atoms with E-state index < -0.39 is 9.84 Å². The number of rotatable bonds is 4. The molecule has 2 atom stereocenters. The Hall–Kier alpha value is -0.620. The SMILES string of the molecule is C[C@H](CS(C)(=O)=O)N(C)C(=O)[C@H]1CCCNC1. The zero-order valence-corrected chi connectivity index (χ0v) is 11.6. The number of piperidine rings is 1. The van der Waals surface area contributed by atoms with Crippen molar-refractivity contribution in [1.82, 2.24) is 10.2 Å². The van der Waals surface area contributed by atoms with Crippen LogP contribution >= 0.6 is 0 Å². The fourth-order valence-electron chi connectivity index (χ4n) is 2.12. The average molecular weight is 262 g/mol. The molecule has 5 nitrogen and oxygen atoms in total. The van der Waals surface area contributed by atoms with Crippen molar-refractivity contribution in [3.63, 3.8) is 0 Å². The van der Waals surface area contributed by atoms with Crippen LogP contribution in [0.15, 0.2) is 0 Å². The number of nitrogens with zero attached hydrogens (tertiary/aromatic N) is 1. The van der Waals surface area contributed by atoms with E-state index in [1.54, 1.807) is 18.9 Å². The van der Waals surface area contributed by atoms with Gasteiger partial charge >= 0.3 is 0 Å². The molecule has 0 unspecified atom stereocenters. The fourth-order valence-corrected chi connectivity index (χ4v) is 3.22. The third-order valence-electron chi connectivity index (χ3n) is 3.20. The van der Waals surface area contributed by atoms with Crippen LogP contribution in [0, 0.1) is 5.92 Å². The molecule has 6 heteroatoms. The van der Waals surface area contributed by atoms with Crippen molar-refractivity contribution >= 4 is 15.7 Å². The van der Waals surface area contributed by atoms with E-state index in [1.807, 2.05) is 0 Å². The molecule has 1 heterocycles. The Morgan fingerprint density at radius 2 is 2.18 bits per heavy atom. The summed E-state index contributed by atoms with van der Waals surface area (Å²) in [6, 6.07) is -0.264. The van der Waals surface area contributed by atoms with Crippen molar-refractivity contribution in [3.05, 3.63) is 0 Å². The first kappa shape index (κ1) is 14.4. The van der Waals surface area contributed by atoms with Gasteiger partial charge in [-0.15, -0.1) is 0 Å². The van der Waals surface area contributed by atoms with Gasteiger partial charge in [-0.05, 0) is 26.3 Å². The minimum atomic E-state index is -3.04. The molecule has 0 aliphatic carbocycles. The van der Waals surface area contributed by atoms with Crippen molar-refractivity contribution in [2.75, 3.05) is 32.1 Å². The monoisotopic (exact) mass is 262 g/mol. The van der Waals surface area contributed by atoms with E-state index in [-0.39, 0.29) is 23.6 Å². The van der Waals surface area contributed by atoms with Gasteiger partial charge in [0.1, 0.15) is 9.84 Å². The third-order valence-corrected chi connectivity index (χ3v) is 4.29. The van der Waals surface area contributed by atoms with Gasteiger partial charge in [0.2, 0.25) is 5.91 Å². The zero-order chi connectivity index (χ0) is 13.1. The molecule has 17 heavy (non-hydrogen) atoms. The Labute approximate surface area is 103 Å². The van der Waals surface area contributed by atoms with E-state index in [0.717, 1.165) is 19.4 Å². The smallest absolute Gasteiger partial charge is 0.226 e. The average Bonchev–Trinajstić information content (AvgIpc) is 2.26. The lowest BCUT2D eigenvalue weighted by molar-refractivity contribution is -0.136. The molecule has 0 radical (unpaired) electrons. The maximum Gasteiger partial charge on any atom is 0.226 e. The normalized spacial score (nSPS) is 23.1. The molecular weight excluding hydrogens is 240 g/mol. The van der Waals surface area contributed by atoms with E-state index in [1.165, 1.54) is 6.26 Å². The summed E-state index contributed by atoms with van der Waals surface area (Å²) in [6.07, 6.45) is 3.09. The molecule has 1 saturated heterocycles. The molecule has 0 aromatic rings. The summed E-state index contributed by atoms with van der Waals surface area (Å²) in [5, 5.41) is 3.19. The van der Waals surface area contributed by atoms with Crippen molar-refractivity contribution in [3.8, 4) is 0 Å². The first-order valence-corrected chi connectivity index (χ1v) is 8.02. The Bertz CT molecular complexity index is 361. The third kappa shape index (κ3) is 4.63. The van der Waals surface area contributed by atoms with Gasteiger partial charge in [-0.25, -0.2) is 8.42 Å². The Morgan fingerprint density at radius 1 is 1.53 bits per heavy atom. The second-order valence-corrected chi connectivity index (χ2v) is 7.12. The number of hydrogen-bond donors (Lipinski definition) is 1. The molecule has 0 aromatic heterocycles. The van der Waals surface area contributed by atoms with E-state index in [9.17, 15) is 13.2 Å². The van der Waals surface area contributed by atoms with Crippen LogP contribution in [0.3, 0.4) is 0 Å². The van der Waals surface area contributed by atoms with Gasteiger partial charge in [-0.2, -0.15) is 0 Å². The van der Waals surface area contributed by atoms with Gasteiger partial charge in [0.25, 0.3) is 0 Å². The fraction of sp³-hybridized carbons (Fsp3) is 0.909. The highest BCUT2D eigenvalue weighted by molar-refractivity contribution is 7.90. The van der Waals surface area contributed by atoms with Crippen LogP contribution in [-0.2, 0) is 14.6 Å². The minimum absolute atomic E-state index is 0.00393. The zero-order valence-electron chi connectivity index (χ0n) is 10.8. The van der Waals surface area contributed by atoms with Crippen LogP contribution in [0.5, 0.6) is 0 Å². The second-order valence-electron chi connectivity index (χ2n) is 4.93. The summed E-state index contributed by atoms with van der Waals surface area (Å²) < 4.78 is 22.4. The summed E-state index contributed by atoms with van der Waals surface area (Å²) in [5.74, 6) is 0.0687. The lowest BCUT2D eigenvalue weighted by atomic mass is 9.98.